The lowest BCUT2D eigenvalue weighted by Gasteiger charge is -2.21. The Kier molecular flexibility index (Phi) is 6.75. The van der Waals surface area contributed by atoms with E-state index in [0.29, 0.717) is 5.71 Å². The summed E-state index contributed by atoms with van der Waals surface area (Å²) >= 11 is 0. The molecule has 0 amide bonds. The molecule has 0 saturated carbocycles. The fourth-order valence-electron chi connectivity index (χ4n) is 4.87. The molecule has 37 heavy (non-hydrogen) atoms. The molecule has 6 heteroatoms. The van der Waals surface area contributed by atoms with Gasteiger partial charge in [-0.15, -0.1) is 0 Å². The molecular formula is C31H31N6+. The van der Waals surface area contributed by atoms with E-state index in [2.05, 4.69) is 77.9 Å². The number of nitrogens with one attached hydrogen (secondary N) is 2. The minimum Gasteiger partial charge on any atom is -0.378 e. The summed E-state index contributed by atoms with van der Waals surface area (Å²) in [4.78, 5) is 4.80. The lowest BCUT2D eigenvalue weighted by Crippen LogP contribution is -2.73. The largest absolute Gasteiger partial charge is 0.378 e. The van der Waals surface area contributed by atoms with E-state index in [4.69, 9.17) is 10.4 Å². The molecule has 6 nitrogen and oxygen atoms in total. The zero-order valence-electron chi connectivity index (χ0n) is 21.6. The zero-order chi connectivity index (χ0) is 25.9. The molecule has 2 aromatic heterocycles. The first-order chi connectivity index (χ1) is 17.9. The molecule has 0 fully saturated rings. The Bertz CT molecular complexity index is 1590. The van der Waals surface area contributed by atoms with Crippen molar-refractivity contribution in [2.45, 2.75) is 26.8 Å². The van der Waals surface area contributed by atoms with Crippen LogP contribution in [0.4, 0.5) is 11.4 Å². The van der Waals surface area contributed by atoms with Crippen molar-refractivity contribution >= 4 is 27.9 Å². The SMILES string of the molecule is C[NH2+]c1ccc(-c2cc3c([C@@H](C)Nc4ccccc4-c4ccnnc4)cc(C)cc3cn2)cc1C(C)=N. The van der Waals surface area contributed by atoms with Crippen LogP contribution in [-0.2, 0) is 0 Å². The summed E-state index contributed by atoms with van der Waals surface area (Å²) in [5.41, 5.74) is 10.0. The maximum atomic E-state index is 8.21. The highest BCUT2D eigenvalue weighted by Gasteiger charge is 2.16. The highest BCUT2D eigenvalue weighted by Crippen LogP contribution is 2.34. The number of aromatic nitrogens is 3. The number of hydrogen-bond acceptors (Lipinski definition) is 5. The van der Waals surface area contributed by atoms with Gasteiger partial charge in [0.2, 0.25) is 0 Å². The number of quaternary nitrogens is 1. The number of nitrogens with two attached hydrogens (primary N) is 1. The summed E-state index contributed by atoms with van der Waals surface area (Å²) < 4.78 is 0. The van der Waals surface area contributed by atoms with Gasteiger partial charge in [0, 0.05) is 51.8 Å². The Balaban J connectivity index is 1.57. The van der Waals surface area contributed by atoms with Crippen LogP contribution >= 0.6 is 0 Å². The number of fused-ring (bicyclic) bond motifs is 1. The Hall–Kier alpha value is -4.42. The maximum Gasteiger partial charge on any atom is 0.138 e. The van der Waals surface area contributed by atoms with Crippen LogP contribution in [0.3, 0.4) is 0 Å². The zero-order valence-corrected chi connectivity index (χ0v) is 21.6. The fraction of sp³-hybridized carbons (Fsp3) is 0.161. The summed E-state index contributed by atoms with van der Waals surface area (Å²) in [7, 11) is 2.00. The van der Waals surface area contributed by atoms with E-state index in [1.165, 1.54) is 11.1 Å². The molecule has 0 spiro atoms. The van der Waals surface area contributed by atoms with Gasteiger partial charge in [-0.25, -0.2) is 0 Å². The van der Waals surface area contributed by atoms with Gasteiger partial charge in [0.05, 0.1) is 30.7 Å². The Labute approximate surface area is 217 Å². The average Bonchev–Trinajstić information content (AvgIpc) is 2.92. The van der Waals surface area contributed by atoms with E-state index >= 15 is 0 Å². The number of aryl methyl sites for hydroxylation is 1. The molecule has 0 bridgehead atoms. The van der Waals surface area contributed by atoms with Crippen molar-refractivity contribution in [1.29, 1.82) is 5.41 Å². The van der Waals surface area contributed by atoms with Crippen LogP contribution in [0.2, 0.25) is 0 Å². The van der Waals surface area contributed by atoms with Crippen LogP contribution in [-0.4, -0.2) is 27.9 Å². The highest BCUT2D eigenvalue weighted by atomic mass is 15.1. The first-order valence-electron chi connectivity index (χ1n) is 12.5. The van der Waals surface area contributed by atoms with Crippen LogP contribution in [0.5, 0.6) is 0 Å². The van der Waals surface area contributed by atoms with Crippen molar-refractivity contribution in [2.24, 2.45) is 0 Å². The van der Waals surface area contributed by atoms with E-state index in [-0.39, 0.29) is 6.04 Å². The van der Waals surface area contributed by atoms with E-state index in [0.717, 1.165) is 50.1 Å². The monoisotopic (exact) mass is 487 g/mol. The first kappa shape index (κ1) is 24.3. The van der Waals surface area contributed by atoms with E-state index < -0.39 is 0 Å². The molecule has 3 aromatic carbocycles. The van der Waals surface area contributed by atoms with E-state index in [1.807, 2.05) is 43.7 Å². The van der Waals surface area contributed by atoms with Gasteiger partial charge in [-0.2, -0.15) is 10.2 Å². The van der Waals surface area contributed by atoms with Crippen molar-refractivity contribution < 1.29 is 5.32 Å². The number of anilines is 1. The molecule has 2 heterocycles. The second kappa shape index (κ2) is 10.3. The van der Waals surface area contributed by atoms with Gasteiger partial charge in [-0.3, -0.25) is 4.98 Å². The van der Waals surface area contributed by atoms with Gasteiger partial charge in [0.1, 0.15) is 5.69 Å². The highest BCUT2D eigenvalue weighted by molar-refractivity contribution is 6.01. The number of rotatable bonds is 7. The number of hydrogen-bond donors (Lipinski definition) is 3. The van der Waals surface area contributed by atoms with Crippen molar-refractivity contribution in [3.8, 4) is 22.4 Å². The third-order valence-electron chi connectivity index (χ3n) is 6.74. The van der Waals surface area contributed by atoms with Gasteiger partial charge >= 0.3 is 0 Å². The lowest BCUT2D eigenvalue weighted by atomic mass is 9.95. The summed E-state index contributed by atoms with van der Waals surface area (Å²) in [5.74, 6) is 0. The molecule has 5 rings (SSSR count). The minimum atomic E-state index is 0.0463. The predicted octanol–water partition coefficient (Wildman–Crippen LogP) is 6.05. The molecule has 4 N–H and O–H groups in total. The second-order valence-corrected chi connectivity index (χ2v) is 9.40. The molecular weight excluding hydrogens is 456 g/mol. The number of para-hydroxylation sites is 1. The lowest BCUT2D eigenvalue weighted by molar-refractivity contribution is -0.539. The van der Waals surface area contributed by atoms with Gasteiger partial charge in [0.25, 0.3) is 0 Å². The Morgan fingerprint density at radius 1 is 0.946 bits per heavy atom. The standard InChI is InChI=1S/C31H30N6/c1-19-13-24-17-34-31(22-9-10-29(33-4)26(15-22)20(2)32)16-28(24)27(14-19)21(3)37-30-8-6-5-7-25(30)23-11-12-35-36-18-23/h5-18,21,32-33,37H,1-4H3/p+1/t21-/m1/s1. The van der Waals surface area contributed by atoms with Gasteiger partial charge in [-0.1, -0.05) is 29.8 Å². The molecule has 5 aromatic rings. The summed E-state index contributed by atoms with van der Waals surface area (Å²) in [5, 5.41) is 24.3. The van der Waals surface area contributed by atoms with E-state index in [1.54, 1.807) is 12.4 Å². The third-order valence-corrected chi connectivity index (χ3v) is 6.74. The molecule has 0 saturated heterocycles. The molecule has 184 valence electrons. The van der Waals surface area contributed by atoms with Crippen LogP contribution in [0, 0.1) is 12.3 Å². The van der Waals surface area contributed by atoms with Crippen molar-refractivity contribution in [2.75, 3.05) is 12.4 Å². The van der Waals surface area contributed by atoms with Gasteiger partial charge < -0.3 is 16.0 Å². The molecule has 0 radical (unpaired) electrons. The smallest absolute Gasteiger partial charge is 0.138 e. The molecule has 0 aliphatic rings. The molecule has 0 unspecified atom stereocenters. The quantitative estimate of drug-likeness (QED) is 0.192. The Morgan fingerprint density at radius 2 is 1.78 bits per heavy atom. The first-order valence-corrected chi connectivity index (χ1v) is 12.5. The van der Waals surface area contributed by atoms with Crippen LogP contribution < -0.4 is 10.6 Å². The van der Waals surface area contributed by atoms with Gasteiger partial charge in [-0.05, 0) is 68.1 Å². The third kappa shape index (κ3) is 4.97. The maximum absolute atomic E-state index is 8.21. The second-order valence-electron chi connectivity index (χ2n) is 9.40. The Morgan fingerprint density at radius 3 is 2.54 bits per heavy atom. The minimum absolute atomic E-state index is 0.0463. The predicted molar refractivity (Wildman–Crippen MR) is 151 cm³/mol. The fourth-order valence-corrected chi connectivity index (χ4v) is 4.87. The number of pyridine rings is 1. The molecule has 0 aliphatic heterocycles. The van der Waals surface area contributed by atoms with E-state index in [9.17, 15) is 0 Å². The molecule has 0 aliphatic carbocycles. The normalized spacial score (nSPS) is 11.9. The van der Waals surface area contributed by atoms with Crippen molar-refractivity contribution in [3.05, 3.63) is 102 Å². The summed E-state index contributed by atoms with van der Waals surface area (Å²) in [6.45, 7) is 6.14. The van der Waals surface area contributed by atoms with Crippen LogP contribution in [0.25, 0.3) is 33.2 Å². The average molecular weight is 488 g/mol. The van der Waals surface area contributed by atoms with Crippen molar-refractivity contribution in [1.82, 2.24) is 15.2 Å². The number of nitrogens with zero attached hydrogens (tertiary/aromatic N) is 3. The number of benzene rings is 3. The van der Waals surface area contributed by atoms with Gasteiger partial charge in [0.15, 0.2) is 0 Å². The van der Waals surface area contributed by atoms with Crippen LogP contribution in [0.1, 0.15) is 36.6 Å². The summed E-state index contributed by atoms with van der Waals surface area (Å²) in [6, 6.07) is 23.1. The topological polar surface area (TPSA) is 91.2 Å². The van der Waals surface area contributed by atoms with Crippen molar-refractivity contribution in [3.63, 3.8) is 0 Å². The van der Waals surface area contributed by atoms with Crippen LogP contribution in [0.15, 0.2) is 85.3 Å². The molecule has 1 atom stereocenters. The summed E-state index contributed by atoms with van der Waals surface area (Å²) in [6.07, 6.45) is 5.47.